The van der Waals surface area contributed by atoms with Crippen molar-refractivity contribution in [3.05, 3.63) is 45.7 Å². The number of hydrogen-bond donors (Lipinski definition) is 3. The monoisotopic (exact) mass is 355 g/mol. The number of phenols is 1. The van der Waals surface area contributed by atoms with Gasteiger partial charge in [0.1, 0.15) is 11.6 Å². The summed E-state index contributed by atoms with van der Waals surface area (Å²) >= 11 is 0. The third-order valence-corrected chi connectivity index (χ3v) is 5.69. The first-order valence-electron chi connectivity index (χ1n) is 9.56. The standard InChI is InChI=1S/C20H25N3O3/c24-15-10-8-13(9-11-15)16-12-17(25)21-19-18(16)20(26)22-23(19)14-6-4-2-1-3-5-7-14/h8-11,14,16,24H,1-7,12H2,(H,21,25)(H,22,26)/t16-/m1/s1. The number of H-pyrrole nitrogens is 1. The Morgan fingerprint density at radius 3 is 2.31 bits per heavy atom. The SMILES string of the molecule is O=C1C[C@H](c2ccc(O)cc2)c2c(n(C3CCCCCCC3)[nH]c2=O)N1. The molecular weight excluding hydrogens is 330 g/mol. The average Bonchev–Trinajstić information content (AvgIpc) is 2.91. The minimum absolute atomic E-state index is 0.0748. The zero-order valence-corrected chi connectivity index (χ0v) is 14.8. The summed E-state index contributed by atoms with van der Waals surface area (Å²) < 4.78 is 1.91. The molecule has 2 aliphatic rings. The van der Waals surface area contributed by atoms with Gasteiger partial charge in [0, 0.05) is 12.3 Å². The molecule has 26 heavy (non-hydrogen) atoms. The van der Waals surface area contributed by atoms with Crippen LogP contribution in [0.5, 0.6) is 5.75 Å². The zero-order valence-electron chi connectivity index (χ0n) is 14.8. The molecule has 1 saturated carbocycles. The van der Waals surface area contributed by atoms with Gasteiger partial charge < -0.3 is 10.4 Å². The molecule has 138 valence electrons. The first-order valence-corrected chi connectivity index (χ1v) is 9.56. The molecule has 0 bridgehead atoms. The van der Waals surface area contributed by atoms with Gasteiger partial charge in [-0.2, -0.15) is 0 Å². The summed E-state index contributed by atoms with van der Waals surface area (Å²) in [7, 11) is 0. The molecule has 1 aliphatic carbocycles. The van der Waals surface area contributed by atoms with Crippen LogP contribution in [0.1, 0.15) is 74.5 Å². The van der Waals surface area contributed by atoms with Gasteiger partial charge in [0.25, 0.3) is 5.56 Å². The highest BCUT2D eigenvalue weighted by molar-refractivity contribution is 5.94. The first kappa shape index (κ1) is 16.9. The molecule has 0 saturated heterocycles. The lowest BCUT2D eigenvalue weighted by atomic mass is 9.87. The van der Waals surface area contributed by atoms with E-state index in [1.54, 1.807) is 24.3 Å². The number of amides is 1. The van der Waals surface area contributed by atoms with E-state index in [1.165, 1.54) is 19.3 Å². The molecule has 1 amide bonds. The highest BCUT2D eigenvalue weighted by Crippen LogP contribution is 2.38. The molecule has 6 heteroatoms. The van der Waals surface area contributed by atoms with Crippen molar-refractivity contribution < 1.29 is 9.90 Å². The molecule has 3 N–H and O–H groups in total. The number of carbonyl (C=O) groups is 1. The van der Waals surface area contributed by atoms with Crippen molar-refractivity contribution in [1.29, 1.82) is 0 Å². The maximum atomic E-state index is 12.8. The lowest BCUT2D eigenvalue weighted by Gasteiger charge is -2.27. The number of anilines is 1. The number of rotatable bonds is 2. The van der Waals surface area contributed by atoms with Crippen molar-refractivity contribution in [2.75, 3.05) is 5.32 Å². The molecule has 2 aromatic rings. The van der Waals surface area contributed by atoms with Crippen molar-refractivity contribution >= 4 is 11.7 Å². The van der Waals surface area contributed by atoms with E-state index in [9.17, 15) is 14.7 Å². The minimum Gasteiger partial charge on any atom is -0.508 e. The van der Waals surface area contributed by atoms with Crippen molar-refractivity contribution in [1.82, 2.24) is 9.78 Å². The maximum Gasteiger partial charge on any atom is 0.270 e. The van der Waals surface area contributed by atoms with Crippen LogP contribution in [0, 0.1) is 0 Å². The van der Waals surface area contributed by atoms with Gasteiger partial charge in [0.05, 0.1) is 11.6 Å². The summed E-state index contributed by atoms with van der Waals surface area (Å²) in [4.78, 5) is 25.1. The minimum atomic E-state index is -0.280. The second-order valence-electron chi connectivity index (χ2n) is 7.47. The number of nitrogens with zero attached hydrogens (tertiary/aromatic N) is 1. The van der Waals surface area contributed by atoms with Crippen LogP contribution < -0.4 is 10.9 Å². The van der Waals surface area contributed by atoms with E-state index in [0.717, 1.165) is 31.2 Å². The van der Waals surface area contributed by atoms with Crippen LogP contribution in [0.2, 0.25) is 0 Å². The van der Waals surface area contributed by atoms with E-state index < -0.39 is 0 Å². The molecule has 1 atom stereocenters. The second-order valence-corrected chi connectivity index (χ2v) is 7.47. The van der Waals surface area contributed by atoms with E-state index in [0.29, 0.717) is 11.4 Å². The zero-order chi connectivity index (χ0) is 18.1. The van der Waals surface area contributed by atoms with Crippen LogP contribution in [0.4, 0.5) is 5.82 Å². The number of aromatic hydroxyl groups is 1. The summed E-state index contributed by atoms with van der Waals surface area (Å²) in [5.41, 5.74) is 1.39. The fraction of sp³-hybridized carbons (Fsp3) is 0.500. The highest BCUT2D eigenvalue weighted by atomic mass is 16.3. The quantitative estimate of drug-likeness (QED) is 0.768. The van der Waals surface area contributed by atoms with Crippen LogP contribution >= 0.6 is 0 Å². The van der Waals surface area contributed by atoms with E-state index in [-0.39, 0.29) is 35.6 Å². The molecule has 1 fully saturated rings. The molecule has 0 radical (unpaired) electrons. The van der Waals surface area contributed by atoms with Crippen LogP contribution in [0.15, 0.2) is 29.1 Å². The van der Waals surface area contributed by atoms with Gasteiger partial charge in [0.15, 0.2) is 0 Å². The number of hydrogen-bond acceptors (Lipinski definition) is 3. The fourth-order valence-corrected chi connectivity index (χ4v) is 4.34. The van der Waals surface area contributed by atoms with Crippen molar-refractivity contribution in [3.8, 4) is 5.75 Å². The van der Waals surface area contributed by atoms with Crippen LogP contribution in [0.3, 0.4) is 0 Å². The summed E-state index contributed by atoms with van der Waals surface area (Å²) in [6, 6.07) is 7.00. The largest absolute Gasteiger partial charge is 0.508 e. The first-order chi connectivity index (χ1) is 12.6. The molecular formula is C20H25N3O3. The number of phenolic OH excluding ortho intramolecular Hbond substituents is 1. The van der Waals surface area contributed by atoms with Gasteiger partial charge in [-0.3, -0.25) is 19.4 Å². The predicted molar refractivity (Wildman–Crippen MR) is 99.6 cm³/mol. The lowest BCUT2D eigenvalue weighted by molar-refractivity contribution is -0.116. The molecule has 6 nitrogen and oxygen atoms in total. The van der Waals surface area contributed by atoms with Crippen LogP contribution in [-0.4, -0.2) is 20.8 Å². The molecule has 1 aromatic heterocycles. The Labute approximate surface area is 152 Å². The lowest BCUT2D eigenvalue weighted by Crippen LogP contribution is -2.27. The molecule has 1 aliphatic heterocycles. The summed E-state index contributed by atoms with van der Waals surface area (Å²) in [6.07, 6.45) is 8.33. The highest BCUT2D eigenvalue weighted by Gasteiger charge is 2.34. The second kappa shape index (κ2) is 7.02. The Balaban J connectivity index is 1.74. The Hall–Kier alpha value is -2.50. The van der Waals surface area contributed by atoms with E-state index >= 15 is 0 Å². The third kappa shape index (κ3) is 3.16. The summed E-state index contributed by atoms with van der Waals surface area (Å²) in [5.74, 6) is 0.456. The van der Waals surface area contributed by atoms with Gasteiger partial charge in [-0.1, -0.05) is 44.2 Å². The Morgan fingerprint density at radius 2 is 1.62 bits per heavy atom. The summed E-state index contributed by atoms with van der Waals surface area (Å²) in [5, 5.41) is 15.5. The molecule has 1 aromatic carbocycles. The van der Waals surface area contributed by atoms with Crippen molar-refractivity contribution in [2.45, 2.75) is 63.3 Å². The normalized spacial score (nSPS) is 21.5. The molecule has 0 unspecified atom stereocenters. The number of aromatic nitrogens is 2. The number of fused-ring (bicyclic) bond motifs is 1. The molecule has 0 spiro atoms. The smallest absolute Gasteiger partial charge is 0.270 e. The Morgan fingerprint density at radius 1 is 0.962 bits per heavy atom. The van der Waals surface area contributed by atoms with Crippen LogP contribution in [-0.2, 0) is 4.79 Å². The van der Waals surface area contributed by atoms with E-state index in [2.05, 4.69) is 10.4 Å². The van der Waals surface area contributed by atoms with Gasteiger partial charge in [-0.25, -0.2) is 0 Å². The molecule has 4 rings (SSSR count). The average molecular weight is 355 g/mol. The third-order valence-electron chi connectivity index (χ3n) is 5.69. The predicted octanol–water partition coefficient (Wildman–Crippen LogP) is 3.64. The van der Waals surface area contributed by atoms with Gasteiger partial charge in [-0.05, 0) is 30.5 Å². The number of carbonyl (C=O) groups excluding carboxylic acids is 1. The number of nitrogens with one attached hydrogen (secondary N) is 2. The Bertz CT molecular complexity index is 842. The summed E-state index contributed by atoms with van der Waals surface area (Å²) in [6.45, 7) is 0. The van der Waals surface area contributed by atoms with Crippen molar-refractivity contribution in [2.24, 2.45) is 0 Å². The van der Waals surface area contributed by atoms with Gasteiger partial charge in [0.2, 0.25) is 5.91 Å². The Kier molecular flexibility index (Phi) is 4.57. The fourth-order valence-electron chi connectivity index (χ4n) is 4.34. The maximum absolute atomic E-state index is 12.8. The number of aromatic amines is 1. The van der Waals surface area contributed by atoms with Crippen LogP contribution in [0.25, 0.3) is 0 Å². The van der Waals surface area contributed by atoms with E-state index in [1.807, 2.05) is 4.68 Å². The van der Waals surface area contributed by atoms with Gasteiger partial charge >= 0.3 is 0 Å². The number of benzene rings is 1. The van der Waals surface area contributed by atoms with E-state index in [4.69, 9.17) is 0 Å². The van der Waals surface area contributed by atoms with Crippen molar-refractivity contribution in [3.63, 3.8) is 0 Å². The molecule has 2 heterocycles. The van der Waals surface area contributed by atoms with Gasteiger partial charge in [-0.15, -0.1) is 0 Å². The topological polar surface area (TPSA) is 87.1 Å².